The van der Waals surface area contributed by atoms with E-state index in [-0.39, 0.29) is 43.8 Å². The van der Waals surface area contributed by atoms with Gasteiger partial charge in [0.15, 0.2) is 28.8 Å². The number of likely N-dealkylation sites (tertiary alicyclic amines) is 2. The number of ether oxygens (including phenoxy) is 4. The van der Waals surface area contributed by atoms with Crippen LogP contribution < -0.4 is 18.9 Å². The molecule has 2 bridgehead atoms. The first kappa shape index (κ1) is 31.0. The second kappa shape index (κ2) is 10.9. The van der Waals surface area contributed by atoms with Gasteiger partial charge in [-0.15, -0.1) is 0 Å². The van der Waals surface area contributed by atoms with Gasteiger partial charge in [0.05, 0.1) is 22.0 Å². The molecule has 2 aliphatic carbocycles. The maximum Gasteiger partial charge on any atom is 0.255 e. The first-order chi connectivity index (χ1) is 21.9. The predicted molar refractivity (Wildman–Crippen MR) is 185 cm³/mol. The first-order valence-corrected chi connectivity index (χ1v) is 18.6. The Morgan fingerprint density at radius 2 is 0.913 bits per heavy atom. The molecule has 9 nitrogen and oxygen atoms in total. The highest BCUT2D eigenvalue weighted by Crippen LogP contribution is 2.50. The lowest BCUT2D eigenvalue weighted by molar-refractivity contribution is -0.153. The first-order valence-electron chi connectivity index (χ1n) is 16.5. The Balaban J connectivity index is 1.02. The number of fused-ring (bicyclic) bond motifs is 4. The zero-order chi connectivity index (χ0) is 32.1. The molecular formula is C35H38I2N2O7. The number of amides is 2. The minimum atomic E-state index is -0.904. The highest BCUT2D eigenvalue weighted by atomic mass is 127. The van der Waals surface area contributed by atoms with E-state index in [2.05, 4.69) is 45.2 Å². The van der Waals surface area contributed by atoms with Crippen LogP contribution >= 0.6 is 45.2 Å². The molecule has 4 heterocycles. The van der Waals surface area contributed by atoms with Crippen LogP contribution in [0.3, 0.4) is 0 Å². The molecule has 0 unspecified atom stereocenters. The van der Waals surface area contributed by atoms with Crippen LogP contribution in [0.4, 0.5) is 0 Å². The lowest BCUT2D eigenvalue weighted by atomic mass is 9.64. The van der Waals surface area contributed by atoms with Crippen LogP contribution in [0.5, 0.6) is 23.0 Å². The molecule has 2 saturated carbocycles. The van der Waals surface area contributed by atoms with E-state index >= 15 is 0 Å². The number of carbonyl (C=O) groups excluding carboxylic acids is 3. The van der Waals surface area contributed by atoms with Crippen molar-refractivity contribution in [3.8, 4) is 23.0 Å². The van der Waals surface area contributed by atoms with E-state index in [9.17, 15) is 14.4 Å². The van der Waals surface area contributed by atoms with Crippen molar-refractivity contribution < 1.29 is 33.3 Å². The number of ketones is 1. The molecule has 0 N–H and O–H groups in total. The highest BCUT2D eigenvalue weighted by molar-refractivity contribution is 14.1. The molecule has 46 heavy (non-hydrogen) atoms. The fourth-order valence-corrected chi connectivity index (χ4v) is 10.0. The molecule has 11 heteroatoms. The Hall–Kier alpha value is -2.29. The van der Waals surface area contributed by atoms with Gasteiger partial charge >= 0.3 is 0 Å². The number of benzene rings is 2. The Bertz CT molecular complexity index is 1530. The summed E-state index contributed by atoms with van der Waals surface area (Å²) in [6.45, 7) is 4.72. The zero-order valence-electron chi connectivity index (χ0n) is 26.2. The molecule has 2 saturated heterocycles. The number of hydrogen-bond acceptors (Lipinski definition) is 7. The number of piperidine rings is 2. The van der Waals surface area contributed by atoms with Crippen molar-refractivity contribution in [2.45, 2.75) is 89.6 Å². The Labute approximate surface area is 296 Å². The summed E-state index contributed by atoms with van der Waals surface area (Å²) in [5.41, 5.74) is -0.709. The Kier molecular flexibility index (Phi) is 7.32. The van der Waals surface area contributed by atoms with Gasteiger partial charge in [0.25, 0.3) is 23.4 Å². The minimum Gasteiger partial charge on any atom is -0.448 e. The molecule has 2 spiro atoms. The fraction of sp³-hybridized carbons (Fsp3) is 0.571. The maximum absolute atomic E-state index is 14.1. The monoisotopic (exact) mass is 852 g/mol. The summed E-state index contributed by atoms with van der Waals surface area (Å²) in [7, 11) is 0. The second-order valence-electron chi connectivity index (χ2n) is 14.7. The van der Waals surface area contributed by atoms with Crippen molar-refractivity contribution in [3.63, 3.8) is 0 Å². The van der Waals surface area contributed by atoms with Gasteiger partial charge < -0.3 is 28.7 Å². The molecule has 0 radical (unpaired) electrons. The molecular weight excluding hydrogens is 814 g/mol. The van der Waals surface area contributed by atoms with Gasteiger partial charge in [-0.3, -0.25) is 14.4 Å². The number of nitrogens with zero attached hydrogens (tertiary/aromatic N) is 2. The second-order valence-corrected chi connectivity index (χ2v) is 17.0. The number of halogens is 2. The summed E-state index contributed by atoms with van der Waals surface area (Å²) >= 11 is 4.39. The van der Waals surface area contributed by atoms with Crippen molar-refractivity contribution in [2.75, 3.05) is 26.2 Å². The molecule has 4 aliphatic heterocycles. The van der Waals surface area contributed by atoms with E-state index < -0.39 is 22.4 Å². The van der Waals surface area contributed by atoms with Gasteiger partial charge in [0, 0.05) is 59.0 Å². The van der Waals surface area contributed by atoms with Crippen LogP contribution in [0.15, 0.2) is 24.3 Å². The van der Waals surface area contributed by atoms with Crippen molar-refractivity contribution in [3.05, 3.63) is 42.5 Å². The van der Waals surface area contributed by atoms with Gasteiger partial charge in [-0.05, 0) is 109 Å². The van der Waals surface area contributed by atoms with E-state index in [1.807, 2.05) is 38.1 Å². The lowest BCUT2D eigenvalue weighted by Crippen LogP contribution is -2.69. The molecule has 4 fully saturated rings. The van der Waals surface area contributed by atoms with E-state index in [1.54, 1.807) is 9.80 Å². The minimum absolute atomic E-state index is 0.104. The SMILES string of the molecule is CC12CN(C(=O)c3cc4c(cc3I)OC3(CCCCC3)O4)CC(C)(CN(C(=O)c3cc4c(cc3I)OC3(CCCCC3)O4)C1)C2=O. The van der Waals surface area contributed by atoms with E-state index in [0.29, 0.717) is 34.1 Å². The predicted octanol–water partition coefficient (Wildman–Crippen LogP) is 6.95. The molecule has 2 amide bonds. The van der Waals surface area contributed by atoms with Crippen molar-refractivity contribution in [1.29, 1.82) is 0 Å². The highest BCUT2D eigenvalue weighted by Gasteiger charge is 2.58. The average Bonchev–Trinajstić information content (AvgIpc) is 3.53. The standard InChI is InChI=1S/C35H38I2N2O7/c1-32-17-38(29(40)21-13-25-27(15-23(21)36)45-34(43-25)9-5-3-6-10-34)19-33(2,31(32)42)20-39(18-32)30(41)22-14-26-28(16-24(22)37)46-35(44-26)11-7-4-8-12-35/h13-16H,3-12,17-20H2,1-2H3. The fourth-order valence-electron chi connectivity index (χ4n) is 8.69. The normalized spacial score (nSPS) is 28.6. The van der Waals surface area contributed by atoms with Crippen molar-refractivity contribution >= 4 is 62.8 Å². The van der Waals surface area contributed by atoms with Gasteiger partial charge in [0.1, 0.15) is 0 Å². The maximum atomic E-state index is 14.1. The Morgan fingerprint density at radius 3 is 1.26 bits per heavy atom. The summed E-state index contributed by atoms with van der Waals surface area (Å²) < 4.78 is 26.8. The molecule has 6 aliphatic rings. The molecule has 0 aromatic heterocycles. The van der Waals surface area contributed by atoms with Crippen molar-refractivity contribution in [1.82, 2.24) is 9.80 Å². The number of hydrogen-bond donors (Lipinski definition) is 0. The van der Waals surface area contributed by atoms with Crippen LogP contribution in [-0.4, -0.2) is 65.2 Å². The van der Waals surface area contributed by atoms with E-state index in [0.717, 1.165) is 58.5 Å². The van der Waals surface area contributed by atoms with Crippen molar-refractivity contribution in [2.24, 2.45) is 10.8 Å². The number of carbonyl (C=O) groups is 3. The summed E-state index contributed by atoms with van der Waals surface area (Å²) in [6.07, 6.45) is 9.96. The van der Waals surface area contributed by atoms with Crippen LogP contribution in [0.2, 0.25) is 0 Å². The summed E-state index contributed by atoms with van der Waals surface area (Å²) in [4.78, 5) is 45.8. The molecule has 8 rings (SSSR count). The van der Waals surface area contributed by atoms with Gasteiger partial charge in [-0.25, -0.2) is 0 Å². The molecule has 2 aromatic carbocycles. The molecule has 0 atom stereocenters. The van der Waals surface area contributed by atoms with Gasteiger partial charge in [-0.2, -0.15) is 0 Å². The van der Waals surface area contributed by atoms with Crippen LogP contribution in [-0.2, 0) is 4.79 Å². The van der Waals surface area contributed by atoms with Crippen LogP contribution in [0.1, 0.15) is 98.8 Å². The average molecular weight is 853 g/mol. The van der Waals surface area contributed by atoms with E-state index in [4.69, 9.17) is 18.9 Å². The third-order valence-corrected chi connectivity index (χ3v) is 12.6. The third kappa shape index (κ3) is 4.99. The largest absolute Gasteiger partial charge is 0.448 e. The summed E-state index contributed by atoms with van der Waals surface area (Å²) in [6, 6.07) is 7.42. The quantitative estimate of drug-likeness (QED) is 0.302. The molecule has 244 valence electrons. The third-order valence-electron chi connectivity index (χ3n) is 10.8. The number of Topliss-reactive ketones (excluding diaryl/α,β-unsaturated/α-hetero) is 1. The van der Waals surface area contributed by atoms with E-state index in [1.165, 1.54) is 12.8 Å². The number of rotatable bonds is 2. The summed E-state index contributed by atoms with van der Waals surface area (Å²) in [5, 5.41) is 0. The zero-order valence-corrected chi connectivity index (χ0v) is 30.5. The Morgan fingerprint density at radius 1 is 0.587 bits per heavy atom. The van der Waals surface area contributed by atoms with Gasteiger partial charge in [0.2, 0.25) is 0 Å². The molecule has 2 aromatic rings. The smallest absolute Gasteiger partial charge is 0.255 e. The lowest BCUT2D eigenvalue weighted by Gasteiger charge is -2.55. The van der Waals surface area contributed by atoms with Crippen LogP contribution in [0.25, 0.3) is 0 Å². The summed E-state index contributed by atoms with van der Waals surface area (Å²) in [5.74, 6) is 1.20. The topological polar surface area (TPSA) is 94.6 Å². The van der Waals surface area contributed by atoms with Gasteiger partial charge in [-0.1, -0.05) is 12.8 Å². The van der Waals surface area contributed by atoms with Crippen LogP contribution in [0, 0.1) is 18.0 Å².